The molecule has 5 N–H and O–H groups in total. The number of imidazole rings is 1. The number of nitrogens with zero attached hydrogens (tertiary/aromatic N) is 4. The number of halogens is 1. The molecule has 0 saturated carbocycles. The molecule has 2 aromatic rings. The van der Waals surface area contributed by atoms with Crippen LogP contribution in [-0.4, -0.2) is 46.5 Å². The molecule has 10 heteroatoms. The third-order valence-corrected chi connectivity index (χ3v) is 3.49. The van der Waals surface area contributed by atoms with Crippen molar-refractivity contribution < 1.29 is 20.1 Å². The van der Waals surface area contributed by atoms with Crippen LogP contribution in [0.2, 0.25) is 0 Å². The first-order valence-electron chi connectivity index (χ1n) is 6.47. The molecule has 0 radical (unpaired) electrons. The Morgan fingerprint density at radius 1 is 1.52 bits per heavy atom. The molecule has 2 aromatic heterocycles. The lowest BCUT2D eigenvalue weighted by Crippen LogP contribution is -2.37. The van der Waals surface area contributed by atoms with Crippen molar-refractivity contribution in [3.63, 3.8) is 0 Å². The van der Waals surface area contributed by atoms with Crippen LogP contribution >= 0.6 is 11.6 Å². The summed E-state index contributed by atoms with van der Waals surface area (Å²) < 4.78 is 6.81. The number of aromatic nitrogens is 4. The summed E-state index contributed by atoms with van der Waals surface area (Å²) in [5.41, 5.74) is 4.04. The number of nitrogens with two attached hydrogens (primary N) is 1. The maximum atomic E-state index is 10.7. The molecule has 0 aromatic carbocycles. The first-order valence-corrected chi connectivity index (χ1v) is 6.85. The molecule has 0 spiro atoms. The van der Waals surface area contributed by atoms with E-state index in [1.165, 1.54) is 24.0 Å². The minimum Gasteiger partial charge on any atom is -0.505 e. The summed E-state index contributed by atoms with van der Waals surface area (Å²) in [6, 6.07) is 0. The third kappa shape index (κ3) is 2.24. The molecule has 0 saturated heterocycles. The van der Waals surface area contributed by atoms with Gasteiger partial charge in [-0.2, -0.15) is 4.98 Å². The van der Waals surface area contributed by atoms with E-state index in [1.54, 1.807) is 0 Å². The second-order valence-corrected chi connectivity index (χ2v) is 5.12. The summed E-state index contributed by atoms with van der Waals surface area (Å²) in [6.07, 6.45) is 0.289. The van der Waals surface area contributed by atoms with E-state index in [-0.39, 0.29) is 17.4 Å². The van der Waals surface area contributed by atoms with Crippen LogP contribution in [0.5, 0.6) is 0 Å². The Labute approximate surface area is 135 Å². The van der Waals surface area contributed by atoms with Crippen LogP contribution in [0.1, 0.15) is 13.2 Å². The van der Waals surface area contributed by atoms with Crippen LogP contribution in [0.3, 0.4) is 0 Å². The molecule has 1 aliphatic heterocycles. The highest BCUT2D eigenvalue weighted by atomic mass is 35.5. The van der Waals surface area contributed by atoms with E-state index in [4.69, 9.17) is 22.1 Å². The lowest BCUT2D eigenvalue weighted by atomic mass is 10.0. The summed E-state index contributed by atoms with van der Waals surface area (Å²) >= 11 is 5.39. The van der Waals surface area contributed by atoms with Crippen molar-refractivity contribution in [2.45, 2.75) is 24.9 Å². The van der Waals surface area contributed by atoms with Crippen molar-refractivity contribution in [3.8, 4) is 11.3 Å². The Kier molecular flexibility index (Phi) is 3.52. The van der Waals surface area contributed by atoms with Gasteiger partial charge in [0.1, 0.15) is 17.9 Å². The van der Waals surface area contributed by atoms with Crippen molar-refractivity contribution in [3.05, 3.63) is 24.0 Å². The second kappa shape index (κ2) is 5.27. The fraction of sp³-hybridized carbons (Fsp3) is 0.308. The first kappa shape index (κ1) is 15.4. The van der Waals surface area contributed by atoms with Crippen LogP contribution in [-0.2, 0) is 4.74 Å². The lowest BCUT2D eigenvalue weighted by molar-refractivity contribution is -0.0552. The third-order valence-electron chi connectivity index (χ3n) is 3.39. The van der Waals surface area contributed by atoms with Crippen molar-refractivity contribution in [1.29, 1.82) is 0 Å². The zero-order chi connectivity index (χ0) is 16.8. The molecular weight excluding hydrogens is 326 g/mol. The summed E-state index contributed by atoms with van der Waals surface area (Å²) in [5.74, 6) is 1.42. The van der Waals surface area contributed by atoms with Crippen LogP contribution in [0, 0.1) is 11.3 Å². The Hall–Kier alpha value is -2.54. The van der Waals surface area contributed by atoms with E-state index < -0.39 is 23.7 Å². The zero-order valence-corrected chi connectivity index (χ0v) is 12.6. The van der Waals surface area contributed by atoms with Gasteiger partial charge in [-0.1, -0.05) is 0 Å². The molecule has 120 valence electrons. The number of nitrogen functional groups attached to an aromatic ring is 1. The average Bonchev–Trinajstić information content (AvgIpc) is 3.00. The van der Waals surface area contributed by atoms with E-state index >= 15 is 0 Å². The molecule has 0 bridgehead atoms. The molecule has 0 aliphatic carbocycles. The van der Waals surface area contributed by atoms with E-state index in [2.05, 4.69) is 20.9 Å². The minimum atomic E-state index is -2.18. The fourth-order valence-electron chi connectivity index (χ4n) is 2.32. The number of aliphatic hydroxyl groups excluding tert-OH is 2. The smallest absolute Gasteiger partial charge is 0.244 e. The van der Waals surface area contributed by atoms with E-state index in [0.29, 0.717) is 5.52 Å². The highest BCUT2D eigenvalue weighted by Gasteiger charge is 2.52. The Morgan fingerprint density at radius 3 is 2.91 bits per heavy atom. The topological polar surface area (TPSA) is 140 Å². The molecule has 1 unspecified atom stereocenters. The molecule has 23 heavy (non-hydrogen) atoms. The van der Waals surface area contributed by atoms with Gasteiger partial charge in [0.05, 0.1) is 6.20 Å². The number of hydrogen-bond acceptors (Lipinski definition) is 8. The standard InChI is InChI=1S/C13H12ClN5O4/c1-6(20)8-9(21)13(22,2-3-14)11(23-8)19-5-17-7-4-16-12(15)18-10(7)19/h4-6,11,20-22H,1H3,(H2,15,16,18)/t6-,11-,13?/m1/s1. The van der Waals surface area contributed by atoms with Gasteiger partial charge in [0, 0.05) is 5.38 Å². The van der Waals surface area contributed by atoms with Crippen molar-refractivity contribution in [1.82, 2.24) is 19.5 Å². The number of ether oxygens (including phenoxy) is 1. The van der Waals surface area contributed by atoms with Gasteiger partial charge in [0.25, 0.3) is 0 Å². The Bertz CT molecular complexity index is 868. The van der Waals surface area contributed by atoms with Gasteiger partial charge in [0.2, 0.25) is 17.8 Å². The summed E-state index contributed by atoms with van der Waals surface area (Å²) in [7, 11) is 0. The van der Waals surface area contributed by atoms with Crippen LogP contribution < -0.4 is 5.73 Å². The normalized spacial score (nSPS) is 25.1. The average molecular weight is 338 g/mol. The molecule has 3 rings (SSSR count). The van der Waals surface area contributed by atoms with Crippen LogP contribution in [0.15, 0.2) is 24.0 Å². The van der Waals surface area contributed by atoms with Gasteiger partial charge in [-0.05, 0) is 24.4 Å². The largest absolute Gasteiger partial charge is 0.505 e. The highest BCUT2D eigenvalue weighted by molar-refractivity contribution is 6.30. The first-order chi connectivity index (χ1) is 10.9. The van der Waals surface area contributed by atoms with Gasteiger partial charge in [0.15, 0.2) is 17.2 Å². The number of anilines is 1. The van der Waals surface area contributed by atoms with E-state index in [9.17, 15) is 15.3 Å². The SMILES string of the molecule is C[C@@H](O)C1=C(O)C(O)(C#CCl)[C@H](n2cnc3cnc(N)nc32)O1. The quantitative estimate of drug-likeness (QED) is 0.562. The van der Waals surface area contributed by atoms with Crippen LogP contribution in [0.25, 0.3) is 11.2 Å². The fourth-order valence-corrected chi connectivity index (χ4v) is 2.47. The number of hydrogen-bond donors (Lipinski definition) is 4. The van der Waals surface area contributed by atoms with Gasteiger partial charge in [-0.15, -0.1) is 0 Å². The number of aliphatic hydroxyl groups is 3. The monoisotopic (exact) mass is 337 g/mol. The molecule has 0 amide bonds. The molecular formula is C13H12ClN5O4. The molecule has 9 nitrogen and oxygen atoms in total. The number of rotatable bonds is 2. The van der Waals surface area contributed by atoms with Crippen LogP contribution in [0.4, 0.5) is 5.95 Å². The van der Waals surface area contributed by atoms with Crippen molar-refractivity contribution in [2.75, 3.05) is 5.73 Å². The highest BCUT2D eigenvalue weighted by Crippen LogP contribution is 2.42. The molecule has 3 atom stereocenters. The predicted molar refractivity (Wildman–Crippen MR) is 79.8 cm³/mol. The van der Waals surface area contributed by atoms with Gasteiger partial charge < -0.3 is 25.8 Å². The van der Waals surface area contributed by atoms with E-state index in [0.717, 1.165) is 0 Å². The maximum absolute atomic E-state index is 10.7. The second-order valence-electron chi connectivity index (χ2n) is 4.93. The summed E-state index contributed by atoms with van der Waals surface area (Å²) in [5, 5.41) is 32.6. The Morgan fingerprint density at radius 2 is 2.26 bits per heavy atom. The minimum absolute atomic E-state index is 0.00264. The summed E-state index contributed by atoms with van der Waals surface area (Å²) in [4.78, 5) is 11.9. The van der Waals surface area contributed by atoms with Gasteiger partial charge in [-0.25, -0.2) is 9.97 Å². The van der Waals surface area contributed by atoms with Gasteiger partial charge >= 0.3 is 0 Å². The number of fused-ring (bicyclic) bond motifs is 1. The predicted octanol–water partition coefficient (Wildman–Crippen LogP) is 0.0185. The molecule has 0 fully saturated rings. The lowest BCUT2D eigenvalue weighted by Gasteiger charge is -2.24. The molecule has 1 aliphatic rings. The molecule has 3 heterocycles. The Balaban J connectivity index is 2.18. The van der Waals surface area contributed by atoms with Crippen molar-refractivity contribution >= 4 is 28.7 Å². The zero-order valence-electron chi connectivity index (χ0n) is 11.8. The van der Waals surface area contributed by atoms with Crippen molar-refractivity contribution in [2.24, 2.45) is 0 Å². The maximum Gasteiger partial charge on any atom is 0.244 e. The summed E-state index contributed by atoms with van der Waals surface area (Å²) in [6.45, 7) is 1.37. The van der Waals surface area contributed by atoms with Gasteiger partial charge in [-0.3, -0.25) is 4.57 Å². The van der Waals surface area contributed by atoms with E-state index in [1.807, 2.05) is 5.38 Å².